The van der Waals surface area contributed by atoms with E-state index in [1.807, 2.05) is 42.5 Å². The van der Waals surface area contributed by atoms with E-state index in [2.05, 4.69) is 5.32 Å². The van der Waals surface area contributed by atoms with Gasteiger partial charge in [-0.2, -0.15) is 0 Å². The minimum absolute atomic E-state index is 0.0207. The largest absolute Gasteiger partial charge is 0.357 e. The van der Waals surface area contributed by atoms with Crippen LogP contribution in [0.4, 0.5) is 0 Å². The summed E-state index contributed by atoms with van der Waals surface area (Å²) in [4.78, 5) is 55.2. The van der Waals surface area contributed by atoms with Gasteiger partial charge in [0.05, 0.1) is 21.9 Å². The maximum Gasteiger partial charge on any atom is 0.242 e. The highest BCUT2D eigenvalue weighted by Crippen LogP contribution is 2.35. The third-order valence-electron chi connectivity index (χ3n) is 7.00. The molecule has 1 aliphatic carbocycles. The lowest BCUT2D eigenvalue weighted by Crippen LogP contribution is -2.50. The number of imide groups is 1. The number of likely N-dealkylation sites (tertiary alicyclic amines) is 1. The summed E-state index contributed by atoms with van der Waals surface area (Å²) in [5.41, 5.74) is 1.60. The maximum absolute atomic E-state index is 13.7. The van der Waals surface area contributed by atoms with E-state index in [-0.39, 0.29) is 55.0 Å². The summed E-state index contributed by atoms with van der Waals surface area (Å²) in [7, 11) is 1.53. The Morgan fingerprint density at radius 1 is 0.973 bits per heavy atom. The third-order valence-corrected chi connectivity index (χ3v) is 7.74. The maximum atomic E-state index is 13.7. The number of carbonyl (C=O) groups is 4. The number of rotatable bonds is 9. The standard InChI is InChI=1S/C28H29Cl2N3O4/c1-31-26(35)24(16-18-7-3-2-4-8-18)33(17-19-11-12-22(29)23(30)15-19)25(34)13-14-32-27(36)20-9-5-6-10-21(20)28(32)37/h2-8,11-12,15,20-21,24H,9-10,13-14,16-17H2,1H3,(H,31,35)/t20-,21+,24-/m1/s1. The summed E-state index contributed by atoms with van der Waals surface area (Å²) in [6, 6.07) is 13.7. The molecule has 0 radical (unpaired) electrons. The van der Waals surface area contributed by atoms with Crippen molar-refractivity contribution in [2.24, 2.45) is 11.8 Å². The molecule has 1 saturated heterocycles. The molecule has 0 spiro atoms. The zero-order valence-electron chi connectivity index (χ0n) is 20.5. The van der Waals surface area contributed by atoms with Gasteiger partial charge in [-0.05, 0) is 36.1 Å². The second-order valence-corrected chi connectivity index (χ2v) is 10.1. The Balaban J connectivity index is 1.57. The van der Waals surface area contributed by atoms with Gasteiger partial charge in [0, 0.05) is 33.0 Å². The Bertz CT molecular complexity index is 1190. The molecule has 0 bridgehead atoms. The topological polar surface area (TPSA) is 86.8 Å². The van der Waals surface area contributed by atoms with E-state index in [0.29, 0.717) is 34.9 Å². The van der Waals surface area contributed by atoms with Crippen LogP contribution in [0.2, 0.25) is 10.0 Å². The van der Waals surface area contributed by atoms with Crippen molar-refractivity contribution in [3.8, 4) is 0 Å². The fourth-order valence-electron chi connectivity index (χ4n) is 5.00. The zero-order valence-corrected chi connectivity index (χ0v) is 22.0. The van der Waals surface area contributed by atoms with Crippen LogP contribution in [0.15, 0.2) is 60.7 Å². The molecule has 4 amide bonds. The molecule has 1 fully saturated rings. The van der Waals surface area contributed by atoms with Gasteiger partial charge in [-0.25, -0.2) is 0 Å². The second-order valence-electron chi connectivity index (χ2n) is 9.32. The minimum Gasteiger partial charge on any atom is -0.357 e. The van der Waals surface area contributed by atoms with Crippen molar-refractivity contribution >= 4 is 46.8 Å². The summed E-state index contributed by atoms with van der Waals surface area (Å²) < 4.78 is 0. The molecular weight excluding hydrogens is 513 g/mol. The molecule has 0 unspecified atom stereocenters. The van der Waals surface area contributed by atoms with Crippen LogP contribution in [0.1, 0.15) is 30.4 Å². The zero-order chi connectivity index (χ0) is 26.5. The van der Waals surface area contributed by atoms with Crippen LogP contribution in [0, 0.1) is 11.8 Å². The molecule has 4 rings (SSSR count). The summed E-state index contributed by atoms with van der Waals surface area (Å²) >= 11 is 12.3. The number of hydrogen-bond acceptors (Lipinski definition) is 4. The highest BCUT2D eigenvalue weighted by Gasteiger charge is 2.47. The normalized spacial score (nSPS) is 19.5. The van der Waals surface area contributed by atoms with E-state index in [0.717, 1.165) is 5.56 Å². The van der Waals surface area contributed by atoms with E-state index in [9.17, 15) is 19.2 Å². The van der Waals surface area contributed by atoms with Gasteiger partial charge in [0.15, 0.2) is 0 Å². The molecular formula is C28H29Cl2N3O4. The molecule has 1 aliphatic heterocycles. The van der Waals surface area contributed by atoms with E-state index >= 15 is 0 Å². The second kappa shape index (κ2) is 11.9. The predicted molar refractivity (Wildman–Crippen MR) is 142 cm³/mol. The van der Waals surface area contributed by atoms with E-state index in [1.54, 1.807) is 18.2 Å². The van der Waals surface area contributed by atoms with E-state index < -0.39 is 6.04 Å². The average molecular weight is 542 g/mol. The number of allylic oxidation sites excluding steroid dienone is 2. The van der Waals surface area contributed by atoms with Crippen molar-refractivity contribution in [2.45, 2.75) is 38.3 Å². The molecule has 194 valence electrons. The smallest absolute Gasteiger partial charge is 0.242 e. The molecule has 2 aromatic carbocycles. The Labute approximate surface area is 226 Å². The Kier molecular flexibility index (Phi) is 8.67. The molecule has 37 heavy (non-hydrogen) atoms. The summed E-state index contributed by atoms with van der Waals surface area (Å²) in [5, 5.41) is 3.40. The van der Waals surface area contributed by atoms with Crippen LogP contribution < -0.4 is 5.32 Å². The average Bonchev–Trinajstić information content (AvgIpc) is 3.16. The number of nitrogens with one attached hydrogen (secondary N) is 1. The van der Waals surface area contributed by atoms with Gasteiger partial charge in [-0.1, -0.05) is 71.8 Å². The van der Waals surface area contributed by atoms with Crippen molar-refractivity contribution in [1.29, 1.82) is 0 Å². The van der Waals surface area contributed by atoms with Crippen molar-refractivity contribution < 1.29 is 19.2 Å². The summed E-state index contributed by atoms with van der Waals surface area (Å²) in [6.45, 7) is 0.0882. The van der Waals surface area contributed by atoms with Crippen molar-refractivity contribution in [3.05, 3.63) is 81.9 Å². The van der Waals surface area contributed by atoms with Gasteiger partial charge in [0.1, 0.15) is 6.04 Å². The summed E-state index contributed by atoms with van der Waals surface area (Å²) in [6.07, 6.45) is 5.14. The van der Waals surface area contributed by atoms with Crippen LogP contribution in [-0.2, 0) is 32.1 Å². The lowest BCUT2D eigenvalue weighted by Gasteiger charge is -2.31. The Morgan fingerprint density at radius 2 is 1.62 bits per heavy atom. The van der Waals surface area contributed by atoms with Crippen molar-refractivity contribution in [3.63, 3.8) is 0 Å². The molecule has 0 saturated carbocycles. The third kappa shape index (κ3) is 6.05. The number of hydrogen-bond donors (Lipinski definition) is 1. The van der Waals surface area contributed by atoms with Crippen molar-refractivity contribution in [1.82, 2.24) is 15.1 Å². The molecule has 2 aromatic rings. The molecule has 7 nitrogen and oxygen atoms in total. The molecule has 9 heteroatoms. The van der Waals surface area contributed by atoms with Crippen LogP contribution >= 0.6 is 23.2 Å². The molecule has 2 aliphatic rings. The van der Waals surface area contributed by atoms with Crippen LogP contribution in [0.5, 0.6) is 0 Å². The van der Waals surface area contributed by atoms with Gasteiger partial charge >= 0.3 is 0 Å². The number of halogens is 2. The number of fused-ring (bicyclic) bond motifs is 1. The minimum atomic E-state index is -0.814. The number of amides is 4. The fraction of sp³-hybridized carbons (Fsp3) is 0.357. The molecule has 1 N–H and O–H groups in total. The van der Waals surface area contributed by atoms with Gasteiger partial charge in [-0.3, -0.25) is 24.1 Å². The first-order valence-electron chi connectivity index (χ1n) is 12.3. The first-order valence-corrected chi connectivity index (χ1v) is 13.0. The SMILES string of the molecule is CNC(=O)[C@@H](Cc1ccccc1)N(Cc1ccc(Cl)c(Cl)c1)C(=O)CCN1C(=O)[C@H]2CC=CC[C@H]2C1=O. The lowest BCUT2D eigenvalue weighted by atomic mass is 9.85. The van der Waals surface area contributed by atoms with Gasteiger partial charge in [-0.15, -0.1) is 0 Å². The number of likely N-dealkylation sites (N-methyl/N-ethyl adjacent to an activating group) is 1. The Hall–Kier alpha value is -3.16. The highest BCUT2D eigenvalue weighted by atomic mass is 35.5. The van der Waals surface area contributed by atoms with Crippen LogP contribution in [0.25, 0.3) is 0 Å². The first-order chi connectivity index (χ1) is 17.8. The number of carbonyl (C=O) groups excluding carboxylic acids is 4. The van der Waals surface area contributed by atoms with E-state index in [1.165, 1.54) is 16.8 Å². The van der Waals surface area contributed by atoms with Crippen LogP contribution in [-0.4, -0.2) is 53.1 Å². The molecule has 3 atom stereocenters. The molecule has 0 aromatic heterocycles. The predicted octanol–water partition coefficient (Wildman–Crippen LogP) is 4.02. The highest BCUT2D eigenvalue weighted by molar-refractivity contribution is 6.42. The Morgan fingerprint density at radius 3 is 2.22 bits per heavy atom. The fourth-order valence-corrected chi connectivity index (χ4v) is 5.32. The number of benzene rings is 2. The first kappa shape index (κ1) is 26.9. The summed E-state index contributed by atoms with van der Waals surface area (Å²) in [5.74, 6) is -1.81. The lowest BCUT2D eigenvalue weighted by molar-refractivity contribution is -0.144. The van der Waals surface area contributed by atoms with E-state index in [4.69, 9.17) is 23.2 Å². The monoisotopic (exact) mass is 541 g/mol. The van der Waals surface area contributed by atoms with Gasteiger partial charge in [0.25, 0.3) is 0 Å². The quantitative estimate of drug-likeness (QED) is 0.383. The van der Waals surface area contributed by atoms with Crippen molar-refractivity contribution in [2.75, 3.05) is 13.6 Å². The molecule has 1 heterocycles. The van der Waals surface area contributed by atoms with Crippen LogP contribution in [0.3, 0.4) is 0 Å². The van der Waals surface area contributed by atoms with Gasteiger partial charge < -0.3 is 10.2 Å². The number of nitrogens with zero attached hydrogens (tertiary/aromatic N) is 2. The van der Waals surface area contributed by atoms with Gasteiger partial charge in [0.2, 0.25) is 23.6 Å².